The van der Waals surface area contributed by atoms with Crippen molar-refractivity contribution in [2.24, 2.45) is 0 Å². The number of unbranched alkanes of at least 4 members (excludes halogenated alkanes) is 6. The van der Waals surface area contributed by atoms with E-state index in [9.17, 15) is 14.4 Å². The molecule has 0 unspecified atom stereocenters. The zero-order valence-corrected chi connectivity index (χ0v) is 16.9. The molecular weight excluding hydrogens is 366 g/mol. The molecule has 0 fully saturated rings. The third-order valence-electron chi connectivity index (χ3n) is 5.11. The number of anilines is 1. The minimum absolute atomic E-state index is 0.231. The molecule has 1 heterocycles. The molecule has 0 atom stereocenters. The number of hydrogen-bond acceptors (Lipinski definition) is 4. The van der Waals surface area contributed by atoms with Gasteiger partial charge in [-0.25, -0.2) is 4.90 Å². The predicted molar refractivity (Wildman–Crippen MR) is 112 cm³/mol. The average Bonchev–Trinajstić information content (AvgIpc) is 2.98. The van der Waals surface area contributed by atoms with Gasteiger partial charge in [-0.15, -0.1) is 0 Å². The summed E-state index contributed by atoms with van der Waals surface area (Å²) in [5, 5.41) is 0. The molecule has 2 aromatic rings. The van der Waals surface area contributed by atoms with Crippen LogP contribution in [0, 0.1) is 0 Å². The molecule has 29 heavy (non-hydrogen) atoms. The smallest absolute Gasteiger partial charge is 0.311 e. The molecule has 1 aliphatic rings. The van der Waals surface area contributed by atoms with Crippen molar-refractivity contribution >= 4 is 23.5 Å². The third kappa shape index (κ3) is 4.91. The first-order valence-corrected chi connectivity index (χ1v) is 10.4. The number of nitrogens with zero attached hydrogens (tertiary/aromatic N) is 1. The Morgan fingerprint density at radius 2 is 1.34 bits per heavy atom. The number of hydrogen-bond donors (Lipinski definition) is 0. The number of benzene rings is 2. The third-order valence-corrected chi connectivity index (χ3v) is 5.11. The summed E-state index contributed by atoms with van der Waals surface area (Å²) in [5.41, 5.74) is 1.02. The van der Waals surface area contributed by atoms with E-state index in [-0.39, 0.29) is 11.7 Å². The van der Waals surface area contributed by atoms with Gasteiger partial charge < -0.3 is 4.74 Å². The van der Waals surface area contributed by atoms with Crippen LogP contribution in [0.25, 0.3) is 0 Å². The van der Waals surface area contributed by atoms with Crippen LogP contribution in [0.1, 0.15) is 79.0 Å². The van der Waals surface area contributed by atoms with Gasteiger partial charge >= 0.3 is 5.97 Å². The number of para-hydroxylation sites is 2. The summed E-state index contributed by atoms with van der Waals surface area (Å²) in [6.45, 7) is 2.19. The van der Waals surface area contributed by atoms with E-state index < -0.39 is 11.8 Å². The highest BCUT2D eigenvalue weighted by Gasteiger charge is 2.37. The highest BCUT2D eigenvalue weighted by atomic mass is 16.5. The van der Waals surface area contributed by atoms with Crippen molar-refractivity contribution in [2.45, 2.75) is 58.3 Å². The maximum Gasteiger partial charge on any atom is 0.311 e. The first kappa shape index (κ1) is 20.8. The monoisotopic (exact) mass is 393 g/mol. The second-order valence-corrected chi connectivity index (χ2v) is 7.30. The normalized spacial score (nSPS) is 12.9. The van der Waals surface area contributed by atoms with E-state index in [0.717, 1.165) is 24.2 Å². The molecule has 2 aromatic carbocycles. The summed E-state index contributed by atoms with van der Waals surface area (Å²) < 4.78 is 5.51. The highest BCUT2D eigenvalue weighted by Crippen LogP contribution is 2.34. The largest absolute Gasteiger partial charge is 0.424 e. The number of carbonyl (C=O) groups excluding carboxylic acids is 3. The van der Waals surface area contributed by atoms with Gasteiger partial charge in [-0.1, -0.05) is 69.7 Å². The lowest BCUT2D eigenvalue weighted by Gasteiger charge is -2.17. The van der Waals surface area contributed by atoms with Gasteiger partial charge in [0.05, 0.1) is 16.8 Å². The maximum absolute atomic E-state index is 12.7. The molecule has 0 aromatic heterocycles. The predicted octanol–water partition coefficient (Wildman–Crippen LogP) is 5.53. The van der Waals surface area contributed by atoms with Crippen LogP contribution in [0.3, 0.4) is 0 Å². The Balaban J connectivity index is 1.61. The quantitative estimate of drug-likeness (QED) is 0.230. The Labute approximate surface area is 171 Å². The highest BCUT2D eigenvalue weighted by molar-refractivity contribution is 6.34. The van der Waals surface area contributed by atoms with E-state index in [4.69, 9.17) is 4.74 Å². The van der Waals surface area contributed by atoms with E-state index in [1.54, 1.807) is 48.5 Å². The van der Waals surface area contributed by atoms with Gasteiger partial charge in [0.1, 0.15) is 0 Å². The van der Waals surface area contributed by atoms with E-state index in [1.807, 2.05) is 0 Å². The summed E-state index contributed by atoms with van der Waals surface area (Å²) in [6, 6.07) is 13.4. The van der Waals surface area contributed by atoms with Crippen LogP contribution in [-0.4, -0.2) is 17.8 Å². The van der Waals surface area contributed by atoms with Crippen LogP contribution in [0.4, 0.5) is 5.69 Å². The van der Waals surface area contributed by atoms with E-state index in [2.05, 4.69) is 6.92 Å². The van der Waals surface area contributed by atoms with Crippen molar-refractivity contribution in [2.75, 3.05) is 4.90 Å². The minimum Gasteiger partial charge on any atom is -0.424 e. The molecule has 0 radical (unpaired) electrons. The molecule has 1 aliphatic heterocycles. The van der Waals surface area contributed by atoms with Crippen LogP contribution in [0.15, 0.2) is 48.5 Å². The van der Waals surface area contributed by atoms with Gasteiger partial charge in [-0.2, -0.15) is 0 Å². The van der Waals surface area contributed by atoms with Crippen molar-refractivity contribution in [3.05, 3.63) is 59.7 Å². The summed E-state index contributed by atoms with van der Waals surface area (Å²) in [6.07, 6.45) is 8.15. The van der Waals surface area contributed by atoms with Gasteiger partial charge in [-0.3, -0.25) is 14.4 Å². The number of fused-ring (bicyclic) bond motifs is 1. The molecule has 0 N–H and O–H groups in total. The molecule has 152 valence electrons. The second-order valence-electron chi connectivity index (χ2n) is 7.30. The van der Waals surface area contributed by atoms with Gasteiger partial charge in [0.25, 0.3) is 11.8 Å². The number of esters is 1. The lowest BCUT2D eigenvalue weighted by molar-refractivity contribution is -0.134. The topological polar surface area (TPSA) is 63.7 Å². The molecule has 5 heteroatoms. The standard InChI is InChI=1S/C24H27NO4/c1-2-3-4-5-6-7-8-17-22(26)29-21-16-12-11-15-20(21)25-23(27)18-13-9-10-14-19(18)24(25)28/h9-16H,2-8,17H2,1H3. The number of carbonyl (C=O) groups is 3. The zero-order chi connectivity index (χ0) is 20.6. The summed E-state index contributed by atoms with van der Waals surface area (Å²) >= 11 is 0. The first-order valence-electron chi connectivity index (χ1n) is 10.4. The Kier molecular flexibility index (Phi) is 7.17. The fourth-order valence-electron chi connectivity index (χ4n) is 3.54. The van der Waals surface area contributed by atoms with Crippen molar-refractivity contribution in [1.29, 1.82) is 0 Å². The molecule has 5 nitrogen and oxygen atoms in total. The molecule has 0 spiro atoms. The van der Waals surface area contributed by atoms with Gasteiger partial charge in [0.2, 0.25) is 0 Å². The van der Waals surface area contributed by atoms with Crippen LogP contribution in [0.2, 0.25) is 0 Å². The Bertz CT molecular complexity index is 855. The van der Waals surface area contributed by atoms with Gasteiger partial charge in [0.15, 0.2) is 5.75 Å². The van der Waals surface area contributed by atoms with Crippen molar-refractivity contribution in [1.82, 2.24) is 0 Å². The molecular formula is C24H27NO4. The molecule has 0 aliphatic carbocycles. The molecule has 0 saturated heterocycles. The zero-order valence-electron chi connectivity index (χ0n) is 16.9. The van der Waals surface area contributed by atoms with Gasteiger partial charge in [-0.05, 0) is 30.7 Å². The number of rotatable bonds is 10. The summed E-state index contributed by atoms with van der Waals surface area (Å²) in [5.74, 6) is -0.917. The maximum atomic E-state index is 12.7. The van der Waals surface area contributed by atoms with Crippen molar-refractivity contribution in [3.63, 3.8) is 0 Å². The van der Waals surface area contributed by atoms with E-state index in [0.29, 0.717) is 23.2 Å². The summed E-state index contributed by atoms with van der Waals surface area (Å²) in [4.78, 5) is 38.8. The van der Waals surface area contributed by atoms with Crippen molar-refractivity contribution < 1.29 is 19.1 Å². The van der Waals surface area contributed by atoms with Crippen molar-refractivity contribution in [3.8, 4) is 5.75 Å². The number of ether oxygens (including phenoxy) is 1. The van der Waals surface area contributed by atoms with Crippen LogP contribution in [0.5, 0.6) is 5.75 Å². The SMILES string of the molecule is CCCCCCCCCC(=O)Oc1ccccc1N1C(=O)c2ccccc2C1=O. The molecule has 0 bridgehead atoms. The molecule has 2 amide bonds. The van der Waals surface area contributed by atoms with Gasteiger partial charge in [0, 0.05) is 6.42 Å². The molecule has 3 rings (SSSR count). The fraction of sp³-hybridized carbons (Fsp3) is 0.375. The van der Waals surface area contributed by atoms with Crippen LogP contribution < -0.4 is 9.64 Å². The number of imide groups is 1. The average molecular weight is 393 g/mol. The second kappa shape index (κ2) is 10.0. The lowest BCUT2D eigenvalue weighted by Crippen LogP contribution is -2.30. The fourth-order valence-corrected chi connectivity index (χ4v) is 3.54. The van der Waals surface area contributed by atoms with Crippen LogP contribution in [-0.2, 0) is 4.79 Å². The first-order chi connectivity index (χ1) is 14.1. The number of amides is 2. The lowest BCUT2D eigenvalue weighted by atomic mass is 10.1. The minimum atomic E-state index is -0.402. The van der Waals surface area contributed by atoms with E-state index in [1.165, 1.54) is 25.7 Å². The molecule has 0 saturated carbocycles. The summed E-state index contributed by atoms with van der Waals surface area (Å²) in [7, 11) is 0. The van der Waals surface area contributed by atoms with Crippen LogP contribution >= 0.6 is 0 Å². The Morgan fingerprint density at radius 1 is 0.793 bits per heavy atom. The Morgan fingerprint density at radius 3 is 2.00 bits per heavy atom. The van der Waals surface area contributed by atoms with E-state index >= 15 is 0 Å². The Hall–Kier alpha value is -2.95.